The molecule has 21 heavy (non-hydrogen) atoms. The Morgan fingerprint density at radius 2 is 2.10 bits per heavy atom. The molecule has 1 saturated heterocycles. The van der Waals surface area contributed by atoms with E-state index >= 15 is 0 Å². The lowest BCUT2D eigenvalue weighted by atomic mass is 10.0. The summed E-state index contributed by atoms with van der Waals surface area (Å²) in [6, 6.07) is 6.61. The number of hydrogen-bond acceptors (Lipinski definition) is 3. The van der Waals surface area contributed by atoms with Crippen LogP contribution in [-0.4, -0.2) is 40.6 Å². The Balaban J connectivity index is 2.03. The van der Waals surface area contributed by atoms with Crippen LogP contribution in [0.25, 0.3) is 0 Å². The van der Waals surface area contributed by atoms with E-state index in [0.29, 0.717) is 23.7 Å². The fourth-order valence-electron chi connectivity index (χ4n) is 2.60. The van der Waals surface area contributed by atoms with E-state index in [1.54, 1.807) is 43.0 Å². The Kier molecular flexibility index (Phi) is 4.73. The van der Waals surface area contributed by atoms with Gasteiger partial charge in [-0.25, -0.2) is 0 Å². The molecule has 2 rings (SSSR count). The van der Waals surface area contributed by atoms with Crippen LogP contribution in [0.4, 0.5) is 0 Å². The first-order valence-electron chi connectivity index (χ1n) is 6.86. The van der Waals surface area contributed by atoms with Gasteiger partial charge in [-0.15, -0.1) is 0 Å². The predicted octanol–water partition coefficient (Wildman–Crippen LogP) is 2.43. The van der Waals surface area contributed by atoms with Crippen molar-refractivity contribution < 1.29 is 19.4 Å². The second-order valence-corrected chi connectivity index (χ2v) is 5.60. The smallest absolute Gasteiger partial charge is 0.308 e. The molecule has 1 aromatic rings. The summed E-state index contributed by atoms with van der Waals surface area (Å²) in [7, 11) is 0. The highest BCUT2D eigenvalue weighted by Gasteiger charge is 2.39. The molecule has 114 valence electrons. The summed E-state index contributed by atoms with van der Waals surface area (Å²) in [4.78, 5) is 25.1. The van der Waals surface area contributed by atoms with Crippen molar-refractivity contribution in [3.63, 3.8) is 0 Å². The molecule has 1 aromatic carbocycles. The largest absolute Gasteiger partial charge is 0.481 e. The molecule has 5 nitrogen and oxygen atoms in total. The highest BCUT2D eigenvalue weighted by molar-refractivity contribution is 6.32. The molecular weight excluding hydrogens is 294 g/mol. The van der Waals surface area contributed by atoms with E-state index in [4.69, 9.17) is 21.4 Å². The van der Waals surface area contributed by atoms with E-state index in [0.717, 1.165) is 0 Å². The number of carbonyl (C=O) groups is 2. The minimum absolute atomic E-state index is 0.217. The third-order valence-corrected chi connectivity index (χ3v) is 4.16. The van der Waals surface area contributed by atoms with E-state index in [9.17, 15) is 9.59 Å². The molecule has 0 saturated carbocycles. The van der Waals surface area contributed by atoms with Crippen molar-refractivity contribution in [2.24, 2.45) is 5.92 Å². The average molecular weight is 312 g/mol. The lowest BCUT2D eigenvalue weighted by Crippen LogP contribution is -2.44. The van der Waals surface area contributed by atoms with Gasteiger partial charge in [0.05, 0.1) is 10.9 Å². The highest BCUT2D eigenvalue weighted by Crippen LogP contribution is 2.27. The summed E-state index contributed by atoms with van der Waals surface area (Å²) in [5, 5.41) is 9.55. The van der Waals surface area contributed by atoms with Crippen LogP contribution in [0.5, 0.6) is 5.75 Å². The van der Waals surface area contributed by atoms with Crippen LogP contribution in [0.1, 0.15) is 20.3 Å². The maximum absolute atomic E-state index is 12.4. The second kappa shape index (κ2) is 6.35. The number of carbonyl (C=O) groups excluding carboxylic acids is 1. The Hall–Kier alpha value is -1.75. The van der Waals surface area contributed by atoms with Crippen LogP contribution in [0, 0.1) is 5.92 Å². The van der Waals surface area contributed by atoms with Crippen LogP contribution in [0.3, 0.4) is 0 Å². The maximum atomic E-state index is 12.4. The van der Waals surface area contributed by atoms with Gasteiger partial charge in [0.1, 0.15) is 5.75 Å². The quantitative estimate of drug-likeness (QED) is 0.927. The van der Waals surface area contributed by atoms with E-state index in [1.165, 1.54) is 0 Å². The number of benzene rings is 1. The van der Waals surface area contributed by atoms with E-state index in [2.05, 4.69) is 0 Å². The lowest BCUT2D eigenvalue weighted by Gasteiger charge is -2.26. The topological polar surface area (TPSA) is 66.8 Å². The first-order valence-corrected chi connectivity index (χ1v) is 7.24. The van der Waals surface area contributed by atoms with E-state index < -0.39 is 18.0 Å². The number of likely N-dealkylation sites (tertiary alicyclic amines) is 1. The summed E-state index contributed by atoms with van der Waals surface area (Å²) >= 11 is 6.00. The van der Waals surface area contributed by atoms with Gasteiger partial charge < -0.3 is 14.7 Å². The Labute approximate surface area is 128 Å². The first kappa shape index (κ1) is 15.6. The predicted molar refractivity (Wildman–Crippen MR) is 78.5 cm³/mol. The molecule has 0 radical (unpaired) electrons. The van der Waals surface area contributed by atoms with Crippen molar-refractivity contribution in [1.29, 1.82) is 0 Å². The molecule has 3 atom stereocenters. The molecule has 3 unspecified atom stereocenters. The van der Waals surface area contributed by atoms with Crippen molar-refractivity contribution >= 4 is 23.5 Å². The molecule has 1 fully saturated rings. The van der Waals surface area contributed by atoms with Gasteiger partial charge >= 0.3 is 5.97 Å². The molecular formula is C15H18ClNO4. The third kappa shape index (κ3) is 3.29. The van der Waals surface area contributed by atoms with Gasteiger partial charge in [0, 0.05) is 12.6 Å². The average Bonchev–Trinajstić information content (AvgIpc) is 2.82. The number of halogens is 1. The van der Waals surface area contributed by atoms with Crippen molar-refractivity contribution in [2.75, 3.05) is 6.54 Å². The number of ether oxygens (including phenoxy) is 1. The minimum Gasteiger partial charge on any atom is -0.481 e. The van der Waals surface area contributed by atoms with Gasteiger partial charge in [-0.3, -0.25) is 9.59 Å². The second-order valence-electron chi connectivity index (χ2n) is 5.20. The Bertz CT molecular complexity index is 548. The summed E-state index contributed by atoms with van der Waals surface area (Å²) in [5.41, 5.74) is 0. The summed E-state index contributed by atoms with van der Waals surface area (Å²) < 4.78 is 5.59. The van der Waals surface area contributed by atoms with Gasteiger partial charge in [0.15, 0.2) is 6.10 Å². The number of carboxylic acid groups (broad SMARTS) is 1. The standard InChI is InChI=1S/C15H18ClNO4/c1-9-11(15(19)20)7-8-17(9)14(18)10(2)21-13-6-4-3-5-12(13)16/h3-6,9-11H,7-8H2,1-2H3,(H,19,20). The van der Waals surface area contributed by atoms with Crippen LogP contribution in [0.15, 0.2) is 24.3 Å². The van der Waals surface area contributed by atoms with Gasteiger partial charge in [0.25, 0.3) is 5.91 Å². The number of aliphatic carboxylic acids is 1. The number of hydrogen-bond donors (Lipinski definition) is 1. The fraction of sp³-hybridized carbons (Fsp3) is 0.467. The zero-order valence-corrected chi connectivity index (χ0v) is 12.7. The van der Waals surface area contributed by atoms with Crippen LogP contribution in [0.2, 0.25) is 5.02 Å². The molecule has 0 aromatic heterocycles. The fourth-order valence-corrected chi connectivity index (χ4v) is 2.78. The monoisotopic (exact) mass is 311 g/mol. The lowest BCUT2D eigenvalue weighted by molar-refractivity contribution is -0.144. The molecule has 0 spiro atoms. The molecule has 6 heteroatoms. The summed E-state index contributed by atoms with van der Waals surface area (Å²) in [6.07, 6.45) is -0.235. The van der Waals surface area contributed by atoms with Crippen molar-refractivity contribution in [3.05, 3.63) is 29.3 Å². The van der Waals surface area contributed by atoms with E-state index in [-0.39, 0.29) is 11.9 Å². The van der Waals surface area contributed by atoms with E-state index in [1.807, 2.05) is 0 Å². The van der Waals surface area contributed by atoms with Gasteiger partial charge in [0.2, 0.25) is 0 Å². The number of carboxylic acids is 1. The van der Waals surface area contributed by atoms with Crippen molar-refractivity contribution in [2.45, 2.75) is 32.4 Å². The molecule has 1 N–H and O–H groups in total. The number of rotatable bonds is 4. The number of para-hydroxylation sites is 1. The van der Waals surface area contributed by atoms with Crippen LogP contribution in [-0.2, 0) is 9.59 Å². The van der Waals surface area contributed by atoms with Crippen LogP contribution >= 0.6 is 11.6 Å². The SMILES string of the molecule is CC(Oc1ccccc1Cl)C(=O)N1CCC(C(=O)O)C1C. The number of amides is 1. The molecule has 1 amide bonds. The van der Waals surface area contributed by atoms with Crippen molar-refractivity contribution in [3.8, 4) is 5.75 Å². The summed E-state index contributed by atoms with van der Waals surface area (Å²) in [5.74, 6) is -1.15. The van der Waals surface area contributed by atoms with Gasteiger partial charge in [-0.1, -0.05) is 23.7 Å². The maximum Gasteiger partial charge on any atom is 0.308 e. The minimum atomic E-state index is -0.863. The molecule has 0 aliphatic carbocycles. The molecule has 1 aliphatic heterocycles. The Morgan fingerprint density at radius 1 is 1.43 bits per heavy atom. The molecule has 1 aliphatic rings. The number of nitrogens with zero attached hydrogens (tertiary/aromatic N) is 1. The Morgan fingerprint density at radius 3 is 2.67 bits per heavy atom. The van der Waals surface area contributed by atoms with Crippen molar-refractivity contribution in [1.82, 2.24) is 4.90 Å². The van der Waals surface area contributed by atoms with Crippen LogP contribution < -0.4 is 4.74 Å². The van der Waals surface area contributed by atoms with Gasteiger partial charge in [-0.2, -0.15) is 0 Å². The highest BCUT2D eigenvalue weighted by atomic mass is 35.5. The molecule has 0 bridgehead atoms. The zero-order valence-electron chi connectivity index (χ0n) is 12.0. The third-order valence-electron chi connectivity index (χ3n) is 3.84. The normalized spacial score (nSPS) is 22.9. The first-order chi connectivity index (χ1) is 9.91. The van der Waals surface area contributed by atoms with Gasteiger partial charge in [-0.05, 0) is 32.4 Å². The molecule has 1 heterocycles. The summed E-state index contributed by atoms with van der Waals surface area (Å²) in [6.45, 7) is 3.84. The zero-order chi connectivity index (χ0) is 15.6.